The number of anilines is 1. The van der Waals surface area contributed by atoms with E-state index in [9.17, 15) is 13.2 Å². The van der Waals surface area contributed by atoms with E-state index in [1.54, 1.807) is 18.2 Å². The fourth-order valence-electron chi connectivity index (χ4n) is 1.66. The van der Waals surface area contributed by atoms with Crippen LogP contribution in [0.1, 0.15) is 23.7 Å². The van der Waals surface area contributed by atoms with Crippen molar-refractivity contribution >= 4 is 37.6 Å². The van der Waals surface area contributed by atoms with Crippen molar-refractivity contribution < 1.29 is 17.9 Å². The third kappa shape index (κ3) is 3.94. The molecule has 0 aromatic heterocycles. The number of hydrogen-bond acceptors (Lipinski definition) is 4. The second-order valence-corrected chi connectivity index (χ2v) is 6.81. The summed E-state index contributed by atoms with van der Waals surface area (Å²) in [6.45, 7) is 2.17. The van der Waals surface area contributed by atoms with Crippen molar-refractivity contribution in [3.8, 4) is 0 Å². The number of esters is 1. The number of halogens is 1. The van der Waals surface area contributed by atoms with Crippen LogP contribution in [0.3, 0.4) is 0 Å². The van der Waals surface area contributed by atoms with Gasteiger partial charge < -0.3 is 4.74 Å². The van der Waals surface area contributed by atoms with Crippen LogP contribution in [-0.2, 0) is 14.8 Å². The highest BCUT2D eigenvalue weighted by molar-refractivity contribution is 9.10. The molecule has 19 heavy (non-hydrogen) atoms. The van der Waals surface area contributed by atoms with Crippen molar-refractivity contribution in [2.24, 2.45) is 0 Å². The smallest absolute Gasteiger partial charge is 0.340 e. The predicted octanol–water partition coefficient (Wildman–Crippen LogP) is 2.41. The van der Waals surface area contributed by atoms with Crippen LogP contribution in [0, 0.1) is 0 Å². The minimum Gasteiger partial charge on any atom is -0.465 e. The molecule has 0 aliphatic carbocycles. The maximum Gasteiger partial charge on any atom is 0.340 e. The van der Waals surface area contributed by atoms with Gasteiger partial charge in [-0.1, -0.05) is 22.9 Å². The summed E-state index contributed by atoms with van der Waals surface area (Å²) in [5.41, 5.74) is 0.551. The van der Waals surface area contributed by atoms with Crippen LogP contribution in [0.5, 0.6) is 0 Å². The number of carbonyl (C=O) groups excluding carboxylic acids is 1. The van der Waals surface area contributed by atoms with Crippen molar-refractivity contribution in [3.63, 3.8) is 0 Å². The zero-order chi connectivity index (χ0) is 14.6. The maximum atomic E-state index is 11.9. The summed E-state index contributed by atoms with van der Waals surface area (Å²) in [4.78, 5) is 11.7. The minimum absolute atomic E-state index is 0.226. The van der Waals surface area contributed by atoms with Crippen molar-refractivity contribution in [1.29, 1.82) is 0 Å². The number of hydrogen-bond donors (Lipinski definition) is 0. The van der Waals surface area contributed by atoms with E-state index in [2.05, 4.69) is 20.7 Å². The molecule has 0 unspecified atom stereocenters. The monoisotopic (exact) mass is 349 g/mol. The van der Waals surface area contributed by atoms with Crippen molar-refractivity contribution in [3.05, 3.63) is 28.2 Å². The number of nitrogens with zero attached hydrogens (tertiary/aromatic N) is 1. The highest BCUT2D eigenvalue weighted by Gasteiger charge is 2.23. The molecule has 106 valence electrons. The lowest BCUT2D eigenvalue weighted by Gasteiger charge is -2.24. The molecule has 0 N–H and O–H groups in total. The number of benzene rings is 1. The summed E-state index contributed by atoms with van der Waals surface area (Å²) in [5, 5.41) is 0. The molecule has 7 heteroatoms. The molecule has 1 aromatic rings. The molecule has 0 atom stereocenters. The van der Waals surface area contributed by atoms with Crippen LogP contribution in [-0.4, -0.2) is 34.3 Å². The van der Waals surface area contributed by atoms with E-state index in [1.807, 2.05) is 6.92 Å². The first-order chi connectivity index (χ1) is 8.81. The Balaban J connectivity index is 3.44. The van der Waals surface area contributed by atoms with Gasteiger partial charge in [0.2, 0.25) is 10.0 Å². The average Bonchev–Trinajstić information content (AvgIpc) is 2.33. The van der Waals surface area contributed by atoms with Gasteiger partial charge in [-0.3, -0.25) is 4.31 Å². The average molecular weight is 350 g/mol. The molecule has 0 saturated carbocycles. The third-order valence-electron chi connectivity index (χ3n) is 2.46. The van der Waals surface area contributed by atoms with Crippen LogP contribution < -0.4 is 4.31 Å². The molecular weight excluding hydrogens is 334 g/mol. The summed E-state index contributed by atoms with van der Waals surface area (Å²) < 4.78 is 30.3. The van der Waals surface area contributed by atoms with E-state index in [0.717, 1.165) is 6.26 Å². The molecule has 0 aliphatic heterocycles. The maximum absolute atomic E-state index is 11.9. The fraction of sp³-hybridized carbons (Fsp3) is 0.417. The Bertz CT molecular complexity index is 571. The first-order valence-corrected chi connectivity index (χ1v) is 8.31. The SMILES string of the molecule is CCCN(c1cc(Br)ccc1C(=O)OC)S(C)(=O)=O. The lowest BCUT2D eigenvalue weighted by atomic mass is 10.2. The molecule has 0 aliphatic rings. The van der Waals surface area contributed by atoms with Gasteiger partial charge >= 0.3 is 5.97 Å². The fourth-order valence-corrected chi connectivity index (χ4v) is 3.03. The molecule has 1 rings (SSSR count). The molecule has 0 amide bonds. The minimum atomic E-state index is -3.46. The summed E-state index contributed by atoms with van der Waals surface area (Å²) in [7, 11) is -2.19. The molecule has 0 fully saturated rings. The quantitative estimate of drug-likeness (QED) is 0.765. The number of rotatable bonds is 5. The van der Waals surface area contributed by atoms with Crippen LogP contribution in [0.4, 0.5) is 5.69 Å². The summed E-state index contributed by atoms with van der Waals surface area (Å²) >= 11 is 3.28. The molecule has 0 spiro atoms. The van der Waals surface area contributed by atoms with Crippen molar-refractivity contribution in [2.75, 3.05) is 24.2 Å². The van der Waals surface area contributed by atoms with E-state index in [1.165, 1.54) is 11.4 Å². The van der Waals surface area contributed by atoms with Crippen LogP contribution in [0.15, 0.2) is 22.7 Å². The Morgan fingerprint density at radius 1 is 1.42 bits per heavy atom. The molecule has 0 saturated heterocycles. The summed E-state index contributed by atoms with van der Waals surface area (Å²) in [6, 6.07) is 4.81. The van der Waals surface area contributed by atoms with E-state index in [4.69, 9.17) is 0 Å². The second-order valence-electron chi connectivity index (χ2n) is 3.99. The molecular formula is C12H16BrNO4S. The normalized spacial score (nSPS) is 11.2. The molecule has 0 heterocycles. The lowest BCUT2D eigenvalue weighted by Crippen LogP contribution is -2.32. The Morgan fingerprint density at radius 2 is 2.05 bits per heavy atom. The van der Waals surface area contributed by atoms with Crippen LogP contribution in [0.2, 0.25) is 0 Å². The van der Waals surface area contributed by atoms with Crippen molar-refractivity contribution in [2.45, 2.75) is 13.3 Å². The molecule has 0 radical (unpaired) electrons. The highest BCUT2D eigenvalue weighted by Crippen LogP contribution is 2.28. The van der Waals surface area contributed by atoms with Gasteiger partial charge in [0.1, 0.15) is 0 Å². The summed E-state index contributed by atoms with van der Waals surface area (Å²) in [6.07, 6.45) is 1.75. The number of sulfonamides is 1. The number of methoxy groups -OCH3 is 1. The van der Waals surface area contributed by atoms with E-state index in [-0.39, 0.29) is 5.56 Å². The number of carbonyl (C=O) groups is 1. The van der Waals surface area contributed by atoms with E-state index in [0.29, 0.717) is 23.1 Å². The molecule has 5 nitrogen and oxygen atoms in total. The van der Waals surface area contributed by atoms with Gasteiger partial charge in [-0.15, -0.1) is 0 Å². The van der Waals surface area contributed by atoms with Gasteiger partial charge in [0.15, 0.2) is 0 Å². The topological polar surface area (TPSA) is 63.7 Å². The van der Waals surface area contributed by atoms with Gasteiger partial charge in [0.25, 0.3) is 0 Å². The first kappa shape index (κ1) is 16.0. The second kappa shape index (κ2) is 6.38. The van der Waals surface area contributed by atoms with Crippen molar-refractivity contribution in [1.82, 2.24) is 0 Å². The van der Waals surface area contributed by atoms with Crippen LogP contribution in [0.25, 0.3) is 0 Å². The Labute approximate surface area is 121 Å². The highest BCUT2D eigenvalue weighted by atomic mass is 79.9. The Kier molecular flexibility index (Phi) is 5.37. The first-order valence-electron chi connectivity index (χ1n) is 5.66. The standard InChI is InChI=1S/C12H16BrNO4S/c1-4-7-14(19(3,16)17)11-8-9(13)5-6-10(11)12(15)18-2/h5-6,8H,4,7H2,1-3H3. The number of ether oxygens (including phenoxy) is 1. The Morgan fingerprint density at radius 3 is 2.53 bits per heavy atom. The third-order valence-corrected chi connectivity index (χ3v) is 4.13. The molecule has 0 bridgehead atoms. The summed E-state index contributed by atoms with van der Waals surface area (Å²) in [5.74, 6) is -0.563. The zero-order valence-electron chi connectivity index (χ0n) is 11.0. The van der Waals surface area contributed by atoms with Gasteiger partial charge in [0, 0.05) is 11.0 Å². The Hall–Kier alpha value is -1.08. The van der Waals surface area contributed by atoms with Crippen LogP contribution >= 0.6 is 15.9 Å². The predicted molar refractivity (Wildman–Crippen MR) is 78.0 cm³/mol. The van der Waals surface area contributed by atoms with Gasteiger partial charge in [-0.2, -0.15) is 0 Å². The zero-order valence-corrected chi connectivity index (χ0v) is 13.4. The van der Waals surface area contributed by atoms with Gasteiger partial charge in [-0.05, 0) is 24.6 Å². The van der Waals surface area contributed by atoms with E-state index < -0.39 is 16.0 Å². The van der Waals surface area contributed by atoms with Gasteiger partial charge in [-0.25, -0.2) is 13.2 Å². The molecule has 1 aromatic carbocycles. The van der Waals surface area contributed by atoms with Gasteiger partial charge in [0.05, 0.1) is 24.6 Å². The largest absolute Gasteiger partial charge is 0.465 e. The van der Waals surface area contributed by atoms with E-state index >= 15 is 0 Å². The lowest BCUT2D eigenvalue weighted by molar-refractivity contribution is 0.0601.